The number of piperidine rings is 1. The van der Waals surface area contributed by atoms with Gasteiger partial charge in [0.25, 0.3) is 0 Å². The fourth-order valence-corrected chi connectivity index (χ4v) is 2.54. The number of anilines is 1. The van der Waals surface area contributed by atoms with Crippen LogP contribution in [-0.2, 0) is 0 Å². The van der Waals surface area contributed by atoms with Crippen molar-refractivity contribution in [1.82, 2.24) is 20.3 Å². The Bertz CT molecular complexity index is 532. The lowest BCUT2D eigenvalue weighted by molar-refractivity contribution is 0.439. The fourth-order valence-electron chi connectivity index (χ4n) is 2.54. The molecule has 0 bridgehead atoms. The average molecular weight is 269 g/mol. The molecule has 0 amide bonds. The molecular formula is C15H19N5. The zero-order valence-electron chi connectivity index (χ0n) is 11.7. The van der Waals surface area contributed by atoms with Gasteiger partial charge in [-0.05, 0) is 26.0 Å². The van der Waals surface area contributed by atoms with Crippen LogP contribution in [0.25, 0.3) is 11.1 Å². The van der Waals surface area contributed by atoms with Gasteiger partial charge in [0, 0.05) is 55.0 Å². The van der Waals surface area contributed by atoms with Crippen molar-refractivity contribution >= 4 is 5.95 Å². The smallest absolute Gasteiger partial charge is 0.225 e. The molecule has 0 atom stereocenters. The number of pyridine rings is 1. The molecule has 5 nitrogen and oxygen atoms in total. The molecule has 1 aliphatic rings. The maximum atomic E-state index is 4.50. The first kappa shape index (κ1) is 13.0. The summed E-state index contributed by atoms with van der Waals surface area (Å²) >= 11 is 0. The third-order valence-corrected chi connectivity index (χ3v) is 3.82. The summed E-state index contributed by atoms with van der Waals surface area (Å²) in [4.78, 5) is 15.4. The molecule has 20 heavy (non-hydrogen) atoms. The van der Waals surface area contributed by atoms with E-state index in [1.54, 1.807) is 6.20 Å². The fraction of sp³-hybridized carbons (Fsp3) is 0.400. The predicted molar refractivity (Wildman–Crippen MR) is 79.6 cm³/mol. The second-order valence-electron chi connectivity index (χ2n) is 5.06. The van der Waals surface area contributed by atoms with Crippen molar-refractivity contribution in [3.05, 3.63) is 36.9 Å². The van der Waals surface area contributed by atoms with Crippen LogP contribution in [0.15, 0.2) is 36.9 Å². The van der Waals surface area contributed by atoms with E-state index in [2.05, 4.69) is 25.2 Å². The van der Waals surface area contributed by atoms with Gasteiger partial charge in [0.1, 0.15) is 0 Å². The number of hydrogen-bond acceptors (Lipinski definition) is 5. The van der Waals surface area contributed by atoms with Gasteiger partial charge in [-0.2, -0.15) is 0 Å². The van der Waals surface area contributed by atoms with Gasteiger partial charge in [0.15, 0.2) is 0 Å². The SMILES string of the molecule is CNC1CCN(c2ncc(-c3cccnc3)cn2)CC1. The molecule has 0 radical (unpaired) electrons. The molecule has 3 heterocycles. The molecule has 0 spiro atoms. The van der Waals surface area contributed by atoms with Gasteiger partial charge < -0.3 is 10.2 Å². The minimum atomic E-state index is 0.626. The molecule has 1 saturated heterocycles. The number of nitrogens with zero attached hydrogens (tertiary/aromatic N) is 4. The zero-order valence-corrected chi connectivity index (χ0v) is 11.7. The molecule has 0 saturated carbocycles. The van der Waals surface area contributed by atoms with Crippen molar-refractivity contribution < 1.29 is 0 Å². The Morgan fingerprint density at radius 1 is 1.10 bits per heavy atom. The van der Waals surface area contributed by atoms with Gasteiger partial charge in [-0.1, -0.05) is 6.07 Å². The lowest BCUT2D eigenvalue weighted by atomic mass is 10.1. The second-order valence-corrected chi connectivity index (χ2v) is 5.06. The Hall–Kier alpha value is -2.01. The van der Waals surface area contributed by atoms with E-state index in [0.717, 1.165) is 43.0 Å². The van der Waals surface area contributed by atoms with E-state index in [9.17, 15) is 0 Å². The second kappa shape index (κ2) is 5.96. The van der Waals surface area contributed by atoms with E-state index in [0.29, 0.717) is 6.04 Å². The van der Waals surface area contributed by atoms with Gasteiger partial charge >= 0.3 is 0 Å². The third kappa shape index (κ3) is 2.77. The van der Waals surface area contributed by atoms with Crippen molar-refractivity contribution in [1.29, 1.82) is 0 Å². The van der Waals surface area contributed by atoms with E-state index in [4.69, 9.17) is 0 Å². The molecule has 5 heteroatoms. The summed E-state index contributed by atoms with van der Waals surface area (Å²) in [5.41, 5.74) is 2.06. The molecule has 0 unspecified atom stereocenters. The Labute approximate surface area is 119 Å². The highest BCUT2D eigenvalue weighted by Gasteiger charge is 2.19. The van der Waals surface area contributed by atoms with Crippen LogP contribution in [0.3, 0.4) is 0 Å². The number of nitrogens with one attached hydrogen (secondary N) is 1. The van der Waals surface area contributed by atoms with Crippen LogP contribution in [0.5, 0.6) is 0 Å². The van der Waals surface area contributed by atoms with Crippen LogP contribution in [0.2, 0.25) is 0 Å². The molecular weight excluding hydrogens is 250 g/mol. The normalized spacial score (nSPS) is 16.4. The van der Waals surface area contributed by atoms with Crippen molar-refractivity contribution in [2.45, 2.75) is 18.9 Å². The highest BCUT2D eigenvalue weighted by molar-refractivity contribution is 5.60. The van der Waals surface area contributed by atoms with Crippen molar-refractivity contribution in [2.24, 2.45) is 0 Å². The van der Waals surface area contributed by atoms with Gasteiger partial charge in [0.05, 0.1) is 0 Å². The highest BCUT2D eigenvalue weighted by Crippen LogP contribution is 2.19. The summed E-state index contributed by atoms with van der Waals surface area (Å²) < 4.78 is 0. The lowest BCUT2D eigenvalue weighted by Crippen LogP contribution is -2.41. The molecule has 2 aromatic heterocycles. The van der Waals surface area contributed by atoms with E-state index in [1.807, 2.05) is 37.8 Å². The number of aromatic nitrogens is 3. The molecule has 0 aliphatic carbocycles. The molecule has 2 aromatic rings. The summed E-state index contributed by atoms with van der Waals surface area (Å²) in [6.45, 7) is 2.02. The monoisotopic (exact) mass is 269 g/mol. The zero-order chi connectivity index (χ0) is 13.8. The predicted octanol–water partition coefficient (Wildman–Crippen LogP) is 1.73. The Kier molecular flexibility index (Phi) is 3.87. The topological polar surface area (TPSA) is 53.9 Å². The summed E-state index contributed by atoms with van der Waals surface area (Å²) in [7, 11) is 2.03. The third-order valence-electron chi connectivity index (χ3n) is 3.82. The number of rotatable bonds is 3. The summed E-state index contributed by atoms with van der Waals surface area (Å²) in [5.74, 6) is 0.826. The molecule has 104 valence electrons. The molecule has 0 aromatic carbocycles. The standard InChI is InChI=1S/C15H19N5/c1-16-14-4-7-20(8-5-14)15-18-10-13(11-19-15)12-3-2-6-17-9-12/h2-3,6,9-11,14,16H,4-5,7-8H2,1H3. The van der Waals surface area contributed by atoms with Crippen molar-refractivity contribution in [3.8, 4) is 11.1 Å². The Morgan fingerprint density at radius 3 is 2.45 bits per heavy atom. The van der Waals surface area contributed by atoms with Crippen molar-refractivity contribution in [3.63, 3.8) is 0 Å². The minimum absolute atomic E-state index is 0.626. The number of hydrogen-bond donors (Lipinski definition) is 1. The molecule has 1 aliphatic heterocycles. The van der Waals surface area contributed by atoms with Crippen LogP contribution in [-0.4, -0.2) is 41.1 Å². The maximum Gasteiger partial charge on any atom is 0.225 e. The van der Waals surface area contributed by atoms with E-state index < -0.39 is 0 Å². The first-order valence-electron chi connectivity index (χ1n) is 7.01. The van der Waals surface area contributed by atoms with Gasteiger partial charge in [0.2, 0.25) is 5.95 Å². The van der Waals surface area contributed by atoms with Crippen LogP contribution in [0.1, 0.15) is 12.8 Å². The maximum absolute atomic E-state index is 4.50. The van der Waals surface area contributed by atoms with Crippen LogP contribution < -0.4 is 10.2 Å². The molecule has 1 fully saturated rings. The summed E-state index contributed by atoms with van der Waals surface area (Å²) in [5, 5.41) is 3.33. The van der Waals surface area contributed by atoms with E-state index in [1.165, 1.54) is 0 Å². The highest BCUT2D eigenvalue weighted by atomic mass is 15.3. The van der Waals surface area contributed by atoms with E-state index >= 15 is 0 Å². The largest absolute Gasteiger partial charge is 0.341 e. The van der Waals surface area contributed by atoms with Crippen molar-refractivity contribution in [2.75, 3.05) is 25.0 Å². The Morgan fingerprint density at radius 2 is 1.85 bits per heavy atom. The van der Waals surface area contributed by atoms with Crippen LogP contribution in [0, 0.1) is 0 Å². The summed E-state index contributed by atoms with van der Waals surface area (Å²) in [6.07, 6.45) is 9.64. The average Bonchev–Trinajstić information content (AvgIpc) is 2.56. The summed E-state index contributed by atoms with van der Waals surface area (Å²) in [6, 6.07) is 4.57. The minimum Gasteiger partial charge on any atom is -0.341 e. The van der Waals surface area contributed by atoms with E-state index in [-0.39, 0.29) is 0 Å². The lowest BCUT2D eigenvalue weighted by Gasteiger charge is -2.31. The quantitative estimate of drug-likeness (QED) is 0.919. The van der Waals surface area contributed by atoms with Gasteiger partial charge in [-0.15, -0.1) is 0 Å². The first-order valence-corrected chi connectivity index (χ1v) is 7.01. The van der Waals surface area contributed by atoms with Gasteiger partial charge in [-0.3, -0.25) is 4.98 Å². The molecule has 3 rings (SSSR count). The van der Waals surface area contributed by atoms with Crippen LogP contribution >= 0.6 is 0 Å². The molecule has 1 N–H and O–H groups in total. The van der Waals surface area contributed by atoms with Crippen LogP contribution in [0.4, 0.5) is 5.95 Å². The Balaban J connectivity index is 1.71. The first-order chi connectivity index (χ1) is 9.86. The van der Waals surface area contributed by atoms with Gasteiger partial charge in [-0.25, -0.2) is 9.97 Å².